The Hall–Kier alpha value is -2.14. The predicted octanol–water partition coefficient (Wildman–Crippen LogP) is 2.18. The highest BCUT2D eigenvalue weighted by Crippen LogP contribution is 2.26. The van der Waals surface area contributed by atoms with E-state index in [2.05, 4.69) is 39.7 Å². The van der Waals surface area contributed by atoms with E-state index in [9.17, 15) is 0 Å². The molecule has 20 heavy (non-hydrogen) atoms. The summed E-state index contributed by atoms with van der Waals surface area (Å²) in [5.41, 5.74) is 4.44. The third kappa shape index (κ3) is 2.44. The molecule has 1 aliphatic rings. The maximum atomic E-state index is 5.20. The van der Waals surface area contributed by atoms with Gasteiger partial charge in [-0.1, -0.05) is 18.2 Å². The van der Waals surface area contributed by atoms with Gasteiger partial charge in [0.05, 0.1) is 12.8 Å². The summed E-state index contributed by atoms with van der Waals surface area (Å²) in [4.78, 5) is 8.89. The van der Waals surface area contributed by atoms with Crippen LogP contribution in [0.5, 0.6) is 6.01 Å². The summed E-state index contributed by atoms with van der Waals surface area (Å²) in [6.07, 6.45) is 0.924. The van der Waals surface area contributed by atoms with E-state index in [0.29, 0.717) is 6.01 Å². The molecule has 5 heteroatoms. The molecule has 0 radical (unpaired) electrons. The number of ether oxygens (including phenoxy) is 1. The van der Waals surface area contributed by atoms with E-state index in [0.717, 1.165) is 36.7 Å². The van der Waals surface area contributed by atoms with Crippen LogP contribution >= 0.6 is 0 Å². The Morgan fingerprint density at radius 3 is 2.90 bits per heavy atom. The van der Waals surface area contributed by atoms with Crippen LogP contribution in [0, 0.1) is 6.92 Å². The molecule has 1 aliphatic heterocycles. The van der Waals surface area contributed by atoms with E-state index in [1.54, 1.807) is 7.11 Å². The van der Waals surface area contributed by atoms with Crippen molar-refractivity contribution in [3.05, 3.63) is 41.1 Å². The van der Waals surface area contributed by atoms with Crippen LogP contribution in [0.4, 0.5) is 11.5 Å². The maximum absolute atomic E-state index is 5.20. The third-order valence-electron chi connectivity index (χ3n) is 3.50. The smallest absolute Gasteiger partial charge is 0.318 e. The van der Waals surface area contributed by atoms with Crippen molar-refractivity contribution in [3.8, 4) is 6.01 Å². The second-order valence-electron chi connectivity index (χ2n) is 4.85. The van der Waals surface area contributed by atoms with Crippen molar-refractivity contribution in [1.82, 2.24) is 15.3 Å². The Morgan fingerprint density at radius 1 is 1.25 bits per heavy atom. The molecule has 2 aromatic rings. The monoisotopic (exact) mass is 270 g/mol. The number of nitrogens with one attached hydrogen (secondary N) is 2. The molecule has 0 saturated heterocycles. The van der Waals surface area contributed by atoms with Crippen LogP contribution in [-0.2, 0) is 13.0 Å². The summed E-state index contributed by atoms with van der Waals surface area (Å²) < 4.78 is 5.20. The molecule has 0 atom stereocenters. The first-order chi connectivity index (χ1) is 9.78. The zero-order chi connectivity index (χ0) is 13.9. The minimum absolute atomic E-state index is 0.406. The largest absolute Gasteiger partial charge is 0.467 e. The molecule has 5 nitrogen and oxygen atoms in total. The number of fused-ring (bicyclic) bond motifs is 1. The highest BCUT2D eigenvalue weighted by Gasteiger charge is 2.18. The van der Waals surface area contributed by atoms with Gasteiger partial charge in [0, 0.05) is 17.8 Å². The van der Waals surface area contributed by atoms with Gasteiger partial charge < -0.3 is 15.4 Å². The van der Waals surface area contributed by atoms with Gasteiger partial charge in [-0.15, -0.1) is 0 Å². The molecule has 0 spiro atoms. The summed E-state index contributed by atoms with van der Waals surface area (Å²) >= 11 is 0. The number of rotatable bonds is 3. The summed E-state index contributed by atoms with van der Waals surface area (Å²) in [5.74, 6) is 0.850. The number of methoxy groups -OCH3 is 1. The minimum Gasteiger partial charge on any atom is -0.467 e. The highest BCUT2D eigenvalue weighted by atomic mass is 16.5. The second-order valence-corrected chi connectivity index (χ2v) is 4.85. The highest BCUT2D eigenvalue weighted by molar-refractivity contribution is 5.63. The molecular formula is C15H18N4O. The van der Waals surface area contributed by atoms with Gasteiger partial charge in [0.2, 0.25) is 0 Å². The fraction of sp³-hybridized carbons (Fsp3) is 0.333. The van der Waals surface area contributed by atoms with Gasteiger partial charge in [0.25, 0.3) is 0 Å². The van der Waals surface area contributed by atoms with Crippen LogP contribution in [0.3, 0.4) is 0 Å². The number of hydrogen-bond donors (Lipinski definition) is 2. The van der Waals surface area contributed by atoms with Crippen molar-refractivity contribution < 1.29 is 4.74 Å². The minimum atomic E-state index is 0.406. The van der Waals surface area contributed by atoms with Crippen molar-refractivity contribution >= 4 is 11.5 Å². The molecule has 2 N–H and O–H groups in total. The Labute approximate surface area is 118 Å². The van der Waals surface area contributed by atoms with Crippen molar-refractivity contribution in [3.63, 3.8) is 0 Å². The standard InChI is InChI=1S/C15H18N4O/c1-10-5-3-4-6-12(10)17-14-11-7-8-16-9-13(11)18-15(19-14)20-2/h3-6,16H,7-9H2,1-2H3,(H,17,18,19). The Kier molecular flexibility index (Phi) is 3.52. The summed E-state index contributed by atoms with van der Waals surface area (Å²) in [7, 11) is 1.59. The van der Waals surface area contributed by atoms with Gasteiger partial charge in [-0.2, -0.15) is 9.97 Å². The molecule has 0 aliphatic carbocycles. The summed E-state index contributed by atoms with van der Waals surface area (Å²) in [6.45, 7) is 3.79. The molecule has 0 unspecified atom stereocenters. The van der Waals surface area contributed by atoms with Gasteiger partial charge in [-0.05, 0) is 31.5 Å². The fourth-order valence-corrected chi connectivity index (χ4v) is 2.37. The first-order valence-electron chi connectivity index (χ1n) is 6.75. The van der Waals surface area contributed by atoms with E-state index in [-0.39, 0.29) is 0 Å². The first-order valence-corrected chi connectivity index (χ1v) is 6.75. The number of anilines is 2. The normalized spacial score (nSPS) is 13.7. The van der Waals surface area contributed by atoms with E-state index < -0.39 is 0 Å². The number of hydrogen-bond acceptors (Lipinski definition) is 5. The molecule has 1 aromatic carbocycles. The van der Waals surface area contributed by atoms with Crippen molar-refractivity contribution in [2.75, 3.05) is 19.0 Å². The Bertz CT molecular complexity index is 627. The van der Waals surface area contributed by atoms with Crippen molar-refractivity contribution in [2.24, 2.45) is 0 Å². The summed E-state index contributed by atoms with van der Waals surface area (Å²) in [6, 6.07) is 8.58. The Morgan fingerprint density at radius 2 is 2.10 bits per heavy atom. The average molecular weight is 270 g/mol. The zero-order valence-corrected chi connectivity index (χ0v) is 11.7. The van der Waals surface area contributed by atoms with Crippen LogP contribution in [0.2, 0.25) is 0 Å². The van der Waals surface area contributed by atoms with Gasteiger partial charge in [-0.3, -0.25) is 0 Å². The van der Waals surface area contributed by atoms with Crippen LogP contribution in [0.15, 0.2) is 24.3 Å². The van der Waals surface area contributed by atoms with Gasteiger partial charge in [0.15, 0.2) is 0 Å². The first kappa shape index (κ1) is 12.9. The second kappa shape index (κ2) is 5.46. The molecule has 0 fully saturated rings. The Balaban J connectivity index is 2.02. The molecule has 2 heterocycles. The van der Waals surface area contributed by atoms with Crippen LogP contribution < -0.4 is 15.4 Å². The average Bonchev–Trinajstić information content (AvgIpc) is 2.49. The lowest BCUT2D eigenvalue weighted by Crippen LogP contribution is -2.26. The molecular weight excluding hydrogens is 252 g/mol. The molecule has 0 amide bonds. The van der Waals surface area contributed by atoms with E-state index in [1.807, 2.05) is 12.1 Å². The van der Waals surface area contributed by atoms with Crippen LogP contribution in [-0.4, -0.2) is 23.6 Å². The fourth-order valence-electron chi connectivity index (χ4n) is 2.37. The van der Waals surface area contributed by atoms with E-state index in [4.69, 9.17) is 4.74 Å². The molecule has 0 saturated carbocycles. The summed E-state index contributed by atoms with van der Waals surface area (Å²) in [5, 5.41) is 6.74. The van der Waals surface area contributed by atoms with E-state index in [1.165, 1.54) is 11.1 Å². The number of aryl methyl sites for hydroxylation is 1. The zero-order valence-electron chi connectivity index (χ0n) is 11.7. The number of para-hydroxylation sites is 1. The lowest BCUT2D eigenvalue weighted by molar-refractivity contribution is 0.376. The number of aromatic nitrogens is 2. The van der Waals surface area contributed by atoms with Crippen LogP contribution in [0.25, 0.3) is 0 Å². The predicted molar refractivity (Wildman–Crippen MR) is 78.5 cm³/mol. The lowest BCUT2D eigenvalue weighted by atomic mass is 10.1. The van der Waals surface area contributed by atoms with Gasteiger partial charge >= 0.3 is 6.01 Å². The molecule has 104 valence electrons. The SMILES string of the molecule is COc1nc2c(c(Nc3ccccc3C)n1)CCNC2. The maximum Gasteiger partial charge on any atom is 0.318 e. The topological polar surface area (TPSA) is 59.1 Å². The van der Waals surface area contributed by atoms with Gasteiger partial charge in [-0.25, -0.2) is 0 Å². The van der Waals surface area contributed by atoms with E-state index >= 15 is 0 Å². The van der Waals surface area contributed by atoms with Gasteiger partial charge in [0.1, 0.15) is 5.82 Å². The number of benzene rings is 1. The number of nitrogens with zero attached hydrogens (tertiary/aromatic N) is 2. The lowest BCUT2D eigenvalue weighted by Gasteiger charge is -2.20. The molecule has 1 aromatic heterocycles. The quantitative estimate of drug-likeness (QED) is 0.895. The molecule has 3 rings (SSSR count). The van der Waals surface area contributed by atoms with Crippen LogP contribution in [0.1, 0.15) is 16.8 Å². The third-order valence-corrected chi connectivity index (χ3v) is 3.50. The van der Waals surface area contributed by atoms with Crippen molar-refractivity contribution in [1.29, 1.82) is 0 Å². The van der Waals surface area contributed by atoms with Crippen molar-refractivity contribution in [2.45, 2.75) is 19.9 Å². The molecule has 0 bridgehead atoms.